The molecule has 0 fully saturated rings. The number of nitrogens with one attached hydrogen (secondary N) is 1. The highest BCUT2D eigenvalue weighted by Gasteiger charge is 2.23. The van der Waals surface area contributed by atoms with Crippen LogP contribution in [0.15, 0.2) is 58.3 Å². The SMILES string of the molecule is COc1ccc2cc(C[NH+](C)[C@@H](C)c3nnc(-c4cccs4)o3)ccc2c1. The third-order valence-electron chi connectivity index (χ3n) is 4.88. The van der Waals surface area contributed by atoms with Crippen molar-refractivity contribution in [1.29, 1.82) is 0 Å². The van der Waals surface area contributed by atoms with Gasteiger partial charge in [-0.2, -0.15) is 0 Å². The first kappa shape index (κ1) is 17.7. The average molecular weight is 380 g/mol. The molecule has 1 N–H and O–H groups in total. The molecule has 2 aromatic heterocycles. The van der Waals surface area contributed by atoms with Crippen LogP contribution in [-0.4, -0.2) is 24.4 Å². The average Bonchev–Trinajstić information content (AvgIpc) is 3.38. The summed E-state index contributed by atoms with van der Waals surface area (Å²) in [7, 11) is 3.84. The minimum atomic E-state index is 0.109. The van der Waals surface area contributed by atoms with E-state index in [0.29, 0.717) is 11.8 Å². The van der Waals surface area contributed by atoms with Gasteiger partial charge in [0.1, 0.15) is 12.3 Å². The summed E-state index contributed by atoms with van der Waals surface area (Å²) in [5.74, 6) is 2.14. The van der Waals surface area contributed by atoms with Crippen molar-refractivity contribution in [2.24, 2.45) is 0 Å². The fourth-order valence-electron chi connectivity index (χ4n) is 3.11. The van der Waals surface area contributed by atoms with Crippen LogP contribution in [0.2, 0.25) is 0 Å². The third-order valence-corrected chi connectivity index (χ3v) is 5.73. The second-order valence-corrected chi connectivity index (χ2v) is 7.66. The van der Waals surface area contributed by atoms with Gasteiger partial charge in [-0.15, -0.1) is 21.5 Å². The van der Waals surface area contributed by atoms with Gasteiger partial charge >= 0.3 is 0 Å². The second kappa shape index (κ2) is 7.50. The summed E-state index contributed by atoms with van der Waals surface area (Å²) in [6, 6.07) is 16.8. The van der Waals surface area contributed by atoms with E-state index in [9.17, 15) is 0 Å². The number of hydrogen-bond donors (Lipinski definition) is 1. The number of ether oxygens (including phenoxy) is 1. The summed E-state index contributed by atoms with van der Waals surface area (Å²) in [4.78, 5) is 2.30. The van der Waals surface area contributed by atoms with Crippen LogP contribution in [0.3, 0.4) is 0 Å². The maximum atomic E-state index is 5.90. The highest BCUT2D eigenvalue weighted by atomic mass is 32.1. The van der Waals surface area contributed by atoms with Crippen LogP contribution in [-0.2, 0) is 6.54 Å². The van der Waals surface area contributed by atoms with Crippen LogP contribution in [0.4, 0.5) is 0 Å². The number of hydrogen-bond acceptors (Lipinski definition) is 5. The van der Waals surface area contributed by atoms with E-state index < -0.39 is 0 Å². The molecule has 0 spiro atoms. The van der Waals surface area contributed by atoms with E-state index in [1.807, 2.05) is 23.6 Å². The van der Waals surface area contributed by atoms with Crippen LogP contribution >= 0.6 is 11.3 Å². The fourth-order valence-corrected chi connectivity index (χ4v) is 3.75. The van der Waals surface area contributed by atoms with Gasteiger partial charge in [0.15, 0.2) is 6.04 Å². The molecule has 1 unspecified atom stereocenters. The van der Waals surface area contributed by atoms with Crippen molar-refractivity contribution in [3.8, 4) is 16.5 Å². The number of fused-ring (bicyclic) bond motifs is 1. The molecule has 0 aliphatic carbocycles. The number of nitrogens with zero attached hydrogens (tertiary/aromatic N) is 2. The van der Waals surface area contributed by atoms with E-state index in [0.717, 1.165) is 17.2 Å². The lowest BCUT2D eigenvalue weighted by Gasteiger charge is -2.19. The Labute approximate surface area is 162 Å². The van der Waals surface area contributed by atoms with Gasteiger partial charge in [-0.05, 0) is 47.3 Å². The van der Waals surface area contributed by atoms with E-state index in [-0.39, 0.29) is 6.04 Å². The normalized spacial score (nSPS) is 13.6. The van der Waals surface area contributed by atoms with Crippen molar-refractivity contribution in [2.45, 2.75) is 19.5 Å². The standard InChI is InChI=1S/C21H21N3O2S/c1-14(20-22-23-21(26-20)19-5-4-10-27-19)24(2)13-15-6-7-17-12-18(25-3)9-8-16(17)11-15/h4-12,14H,13H2,1-3H3/p+1/t14-/m0/s1. The van der Waals surface area contributed by atoms with Gasteiger partial charge in [-0.1, -0.05) is 24.3 Å². The zero-order valence-corrected chi connectivity index (χ0v) is 16.4. The molecule has 0 aliphatic heterocycles. The molecule has 2 aromatic carbocycles. The zero-order chi connectivity index (χ0) is 18.8. The quantitative estimate of drug-likeness (QED) is 0.554. The highest BCUT2D eigenvalue weighted by Crippen LogP contribution is 2.24. The van der Waals surface area contributed by atoms with Gasteiger partial charge in [0, 0.05) is 5.56 Å². The summed E-state index contributed by atoms with van der Waals surface area (Å²) in [5, 5.41) is 12.9. The Hall–Kier alpha value is -2.70. The maximum absolute atomic E-state index is 5.90. The molecule has 0 bridgehead atoms. The lowest BCUT2D eigenvalue weighted by atomic mass is 10.1. The van der Waals surface area contributed by atoms with Crippen LogP contribution in [0.5, 0.6) is 5.75 Å². The second-order valence-electron chi connectivity index (χ2n) is 6.72. The van der Waals surface area contributed by atoms with Crippen molar-refractivity contribution in [3.05, 3.63) is 65.4 Å². The van der Waals surface area contributed by atoms with Crippen molar-refractivity contribution in [3.63, 3.8) is 0 Å². The minimum Gasteiger partial charge on any atom is -0.497 e. The van der Waals surface area contributed by atoms with Crippen molar-refractivity contribution >= 4 is 22.1 Å². The Balaban J connectivity index is 1.49. The van der Waals surface area contributed by atoms with Gasteiger partial charge < -0.3 is 14.1 Å². The number of aromatic nitrogens is 2. The van der Waals surface area contributed by atoms with E-state index >= 15 is 0 Å². The van der Waals surface area contributed by atoms with E-state index in [1.54, 1.807) is 18.4 Å². The summed E-state index contributed by atoms with van der Waals surface area (Å²) in [6.07, 6.45) is 0. The maximum Gasteiger partial charge on any atom is 0.274 e. The zero-order valence-electron chi connectivity index (χ0n) is 15.6. The molecule has 2 heterocycles. The predicted octanol–water partition coefficient (Wildman–Crippen LogP) is 3.74. The smallest absolute Gasteiger partial charge is 0.274 e. The molecule has 5 nitrogen and oxygen atoms in total. The van der Waals surface area contributed by atoms with Gasteiger partial charge in [-0.25, -0.2) is 0 Å². The first-order chi connectivity index (χ1) is 13.1. The number of thiophene rings is 1. The van der Waals surface area contributed by atoms with Crippen LogP contribution in [0.25, 0.3) is 21.5 Å². The number of quaternary nitrogens is 1. The molecule has 4 rings (SSSR count). The van der Waals surface area contributed by atoms with E-state index in [2.05, 4.69) is 54.5 Å². The summed E-state index contributed by atoms with van der Waals surface area (Å²) >= 11 is 1.60. The van der Waals surface area contributed by atoms with E-state index in [1.165, 1.54) is 21.2 Å². The lowest BCUT2D eigenvalue weighted by Crippen LogP contribution is -3.07. The predicted molar refractivity (Wildman–Crippen MR) is 107 cm³/mol. The lowest BCUT2D eigenvalue weighted by molar-refractivity contribution is -0.925. The summed E-state index contributed by atoms with van der Waals surface area (Å²) < 4.78 is 11.2. The minimum absolute atomic E-state index is 0.109. The molecule has 27 heavy (non-hydrogen) atoms. The summed E-state index contributed by atoms with van der Waals surface area (Å²) in [6.45, 7) is 2.99. The first-order valence-electron chi connectivity index (χ1n) is 8.90. The van der Waals surface area contributed by atoms with Gasteiger partial charge in [0.25, 0.3) is 11.8 Å². The molecular weight excluding hydrogens is 358 g/mol. The monoisotopic (exact) mass is 380 g/mol. The summed E-state index contributed by atoms with van der Waals surface area (Å²) in [5.41, 5.74) is 1.27. The number of rotatable bonds is 6. The third kappa shape index (κ3) is 3.72. The van der Waals surface area contributed by atoms with Crippen molar-refractivity contribution in [1.82, 2.24) is 10.2 Å². The molecule has 2 atom stereocenters. The molecule has 138 valence electrons. The first-order valence-corrected chi connectivity index (χ1v) is 9.78. The molecule has 0 amide bonds. The van der Waals surface area contributed by atoms with Crippen LogP contribution < -0.4 is 9.64 Å². The van der Waals surface area contributed by atoms with Crippen molar-refractivity contribution in [2.75, 3.05) is 14.2 Å². The molecule has 0 aliphatic rings. The fraction of sp³-hybridized carbons (Fsp3) is 0.238. The Bertz CT molecular complexity index is 1040. The van der Waals surface area contributed by atoms with Crippen LogP contribution in [0, 0.1) is 0 Å². The molecule has 0 saturated carbocycles. The Morgan fingerprint density at radius 2 is 1.93 bits per heavy atom. The molecule has 0 radical (unpaired) electrons. The Morgan fingerprint density at radius 1 is 1.11 bits per heavy atom. The molecule has 4 aromatic rings. The Morgan fingerprint density at radius 3 is 2.70 bits per heavy atom. The molecule has 6 heteroatoms. The van der Waals surface area contributed by atoms with Crippen LogP contribution in [0.1, 0.15) is 24.4 Å². The number of benzene rings is 2. The van der Waals surface area contributed by atoms with Gasteiger partial charge in [0.2, 0.25) is 0 Å². The molecule has 0 saturated heterocycles. The molecular formula is C21H22N3O2S+. The highest BCUT2D eigenvalue weighted by molar-refractivity contribution is 7.13. The van der Waals surface area contributed by atoms with Gasteiger partial charge in [-0.3, -0.25) is 0 Å². The Kier molecular flexibility index (Phi) is 4.92. The van der Waals surface area contributed by atoms with Gasteiger partial charge in [0.05, 0.1) is 19.0 Å². The topological polar surface area (TPSA) is 52.6 Å². The van der Waals surface area contributed by atoms with Crippen molar-refractivity contribution < 1.29 is 14.1 Å². The number of methoxy groups -OCH3 is 1. The largest absolute Gasteiger partial charge is 0.497 e. The van der Waals surface area contributed by atoms with E-state index in [4.69, 9.17) is 9.15 Å².